The van der Waals surface area contributed by atoms with Crippen LogP contribution in [0.2, 0.25) is 10.0 Å². The van der Waals surface area contributed by atoms with Crippen LogP contribution in [0.25, 0.3) is 21.8 Å². The Balaban J connectivity index is 2.10. The molecule has 3 nitrogen and oxygen atoms in total. The number of carbonyl (C=O) groups is 1. The number of benzene rings is 3. The molecule has 25 heavy (non-hydrogen) atoms. The highest BCUT2D eigenvalue weighted by Crippen LogP contribution is 2.36. The number of nitrogens with two attached hydrogens (primary N) is 1. The van der Waals surface area contributed by atoms with E-state index in [1.807, 2.05) is 36.4 Å². The summed E-state index contributed by atoms with van der Waals surface area (Å²) >= 11 is 12.8. The highest BCUT2D eigenvalue weighted by molar-refractivity contribution is 6.37. The number of primary amides is 1. The van der Waals surface area contributed by atoms with Crippen LogP contribution in [0.1, 0.15) is 15.9 Å². The van der Waals surface area contributed by atoms with Crippen molar-refractivity contribution in [3.05, 3.63) is 81.8 Å². The summed E-state index contributed by atoms with van der Waals surface area (Å²) in [6.07, 6.45) is 0. The van der Waals surface area contributed by atoms with Gasteiger partial charge in [0.25, 0.3) is 0 Å². The Hall–Kier alpha value is -2.49. The average Bonchev–Trinajstić information content (AvgIpc) is 2.92. The molecule has 1 amide bonds. The number of halogens is 2. The Morgan fingerprint density at radius 2 is 1.84 bits per heavy atom. The lowest BCUT2D eigenvalue weighted by atomic mass is 10.1. The number of amides is 1. The van der Waals surface area contributed by atoms with Crippen LogP contribution in [-0.4, -0.2) is 10.5 Å². The van der Waals surface area contributed by atoms with E-state index in [2.05, 4.69) is 10.6 Å². The van der Waals surface area contributed by atoms with Crippen LogP contribution >= 0.6 is 23.2 Å². The number of hydrogen-bond donors (Lipinski definition) is 1. The Morgan fingerprint density at radius 3 is 2.60 bits per heavy atom. The predicted octanol–water partition coefficient (Wildman–Crippen LogP) is 5.05. The zero-order valence-corrected chi connectivity index (χ0v) is 14.6. The second-order valence-electron chi connectivity index (χ2n) is 5.79. The highest BCUT2D eigenvalue weighted by atomic mass is 35.5. The first-order valence-corrected chi connectivity index (χ1v) is 8.48. The maximum absolute atomic E-state index is 11.9. The van der Waals surface area contributed by atoms with Gasteiger partial charge >= 0.3 is 0 Å². The standard InChI is InChI=1S/C20H13Cl2N2O/c21-15-8-2-1-5-12(15)11-24-17-10-4-7-14(20(23)25)18(17)13-6-3-9-16(22)19(13)24/h1-5,7-10H,11H2,(H2,23,25). The van der Waals surface area contributed by atoms with Crippen LogP contribution in [0.5, 0.6) is 0 Å². The topological polar surface area (TPSA) is 48.0 Å². The second-order valence-corrected chi connectivity index (χ2v) is 6.61. The van der Waals surface area contributed by atoms with Gasteiger partial charge in [-0.05, 0) is 35.9 Å². The minimum absolute atomic E-state index is 0.457. The molecular formula is C20H13Cl2N2O. The van der Waals surface area contributed by atoms with Crippen molar-refractivity contribution >= 4 is 50.9 Å². The third-order valence-electron chi connectivity index (χ3n) is 4.33. The molecule has 0 spiro atoms. The predicted molar refractivity (Wildman–Crippen MR) is 102 cm³/mol. The van der Waals surface area contributed by atoms with Crippen molar-refractivity contribution in [2.45, 2.75) is 6.54 Å². The summed E-state index contributed by atoms with van der Waals surface area (Å²) in [5, 5.41) is 2.82. The van der Waals surface area contributed by atoms with Crippen LogP contribution < -0.4 is 5.73 Å². The molecule has 0 atom stereocenters. The van der Waals surface area contributed by atoms with Crippen molar-refractivity contribution in [3.8, 4) is 0 Å². The normalized spacial score (nSPS) is 11.3. The number of aromatic nitrogens is 1. The van der Waals surface area contributed by atoms with Gasteiger partial charge in [0, 0.05) is 27.9 Å². The second kappa shape index (κ2) is 6.10. The molecule has 0 aliphatic heterocycles. The number of carbonyl (C=O) groups excluding carboxylic acids is 1. The van der Waals surface area contributed by atoms with Crippen LogP contribution in [0.15, 0.2) is 54.6 Å². The average molecular weight is 368 g/mol. The summed E-state index contributed by atoms with van der Waals surface area (Å²) in [6.45, 7) is 0.527. The van der Waals surface area contributed by atoms with Crippen LogP contribution in [0.3, 0.4) is 0 Å². The number of hydrogen-bond acceptors (Lipinski definition) is 1. The van der Waals surface area contributed by atoms with Crippen molar-refractivity contribution in [2.24, 2.45) is 5.73 Å². The maximum atomic E-state index is 11.9. The zero-order valence-electron chi connectivity index (χ0n) is 13.1. The lowest BCUT2D eigenvalue weighted by molar-refractivity contribution is 0.100. The van der Waals surface area contributed by atoms with Crippen LogP contribution in [0.4, 0.5) is 0 Å². The Labute approximate surface area is 154 Å². The fraction of sp³-hybridized carbons (Fsp3) is 0.0500. The van der Waals surface area contributed by atoms with Crippen molar-refractivity contribution in [1.82, 2.24) is 4.57 Å². The summed E-state index contributed by atoms with van der Waals surface area (Å²) in [6, 6.07) is 19.9. The highest BCUT2D eigenvalue weighted by Gasteiger charge is 2.18. The van der Waals surface area contributed by atoms with E-state index in [0.717, 1.165) is 27.4 Å². The number of rotatable bonds is 3. The van der Waals surface area contributed by atoms with E-state index < -0.39 is 5.91 Å². The van der Waals surface area contributed by atoms with E-state index in [4.69, 9.17) is 28.9 Å². The largest absolute Gasteiger partial charge is 0.366 e. The molecule has 0 aliphatic rings. The third kappa shape index (κ3) is 2.56. The first-order valence-electron chi connectivity index (χ1n) is 7.72. The molecule has 2 N–H and O–H groups in total. The van der Waals surface area contributed by atoms with Gasteiger partial charge in [-0.15, -0.1) is 0 Å². The van der Waals surface area contributed by atoms with Crippen LogP contribution in [-0.2, 0) is 6.54 Å². The molecule has 4 aromatic rings. The van der Waals surface area contributed by atoms with Crippen molar-refractivity contribution < 1.29 is 4.79 Å². The van der Waals surface area contributed by atoms with E-state index in [1.54, 1.807) is 18.2 Å². The molecule has 123 valence electrons. The SMILES string of the molecule is NC(=O)c1cccc2c1c1[c]ccc(Cl)c1n2Cc1ccccc1Cl. The summed E-state index contributed by atoms with van der Waals surface area (Å²) in [4.78, 5) is 11.9. The Bertz CT molecular complexity index is 1130. The lowest BCUT2D eigenvalue weighted by Crippen LogP contribution is -2.11. The van der Waals surface area contributed by atoms with E-state index in [9.17, 15) is 4.79 Å². The zero-order chi connectivity index (χ0) is 17.6. The molecule has 3 aromatic carbocycles. The summed E-state index contributed by atoms with van der Waals surface area (Å²) in [5.74, 6) is -0.476. The van der Waals surface area contributed by atoms with Crippen LogP contribution in [0, 0.1) is 6.07 Å². The van der Waals surface area contributed by atoms with Crippen molar-refractivity contribution in [1.29, 1.82) is 0 Å². The fourth-order valence-electron chi connectivity index (χ4n) is 3.23. The van der Waals surface area contributed by atoms with Gasteiger partial charge in [-0.25, -0.2) is 0 Å². The molecule has 1 heterocycles. The van der Waals surface area contributed by atoms with E-state index in [0.29, 0.717) is 22.2 Å². The molecule has 0 fully saturated rings. The fourth-order valence-corrected chi connectivity index (χ4v) is 3.69. The molecule has 0 unspecified atom stereocenters. The van der Waals surface area contributed by atoms with Gasteiger partial charge in [-0.3, -0.25) is 4.79 Å². The first kappa shape index (κ1) is 16.0. The molecule has 0 aliphatic carbocycles. The van der Waals surface area contributed by atoms with Crippen molar-refractivity contribution in [3.63, 3.8) is 0 Å². The minimum Gasteiger partial charge on any atom is -0.366 e. The van der Waals surface area contributed by atoms with E-state index in [1.165, 1.54) is 0 Å². The number of fused-ring (bicyclic) bond motifs is 3. The van der Waals surface area contributed by atoms with E-state index in [-0.39, 0.29) is 0 Å². The molecule has 0 bridgehead atoms. The summed E-state index contributed by atoms with van der Waals surface area (Å²) < 4.78 is 2.05. The Morgan fingerprint density at radius 1 is 1.04 bits per heavy atom. The molecule has 5 heteroatoms. The molecule has 4 rings (SSSR count). The quantitative estimate of drug-likeness (QED) is 0.541. The smallest absolute Gasteiger partial charge is 0.249 e. The van der Waals surface area contributed by atoms with Gasteiger partial charge in [-0.2, -0.15) is 0 Å². The summed E-state index contributed by atoms with van der Waals surface area (Å²) in [7, 11) is 0. The van der Waals surface area contributed by atoms with Gasteiger partial charge < -0.3 is 10.3 Å². The van der Waals surface area contributed by atoms with Crippen molar-refractivity contribution in [2.75, 3.05) is 0 Å². The molecule has 1 aromatic heterocycles. The summed E-state index contributed by atoms with van der Waals surface area (Å²) in [5.41, 5.74) is 8.68. The van der Waals surface area contributed by atoms with E-state index >= 15 is 0 Å². The molecule has 0 saturated carbocycles. The van der Waals surface area contributed by atoms with Gasteiger partial charge in [0.15, 0.2) is 0 Å². The first-order chi connectivity index (χ1) is 12.1. The Kier molecular flexibility index (Phi) is 3.91. The van der Waals surface area contributed by atoms with Gasteiger partial charge in [0.1, 0.15) is 0 Å². The minimum atomic E-state index is -0.476. The monoisotopic (exact) mass is 367 g/mol. The maximum Gasteiger partial charge on any atom is 0.249 e. The van der Waals surface area contributed by atoms with Gasteiger partial charge in [0.2, 0.25) is 5.91 Å². The molecule has 0 saturated heterocycles. The molecule has 1 radical (unpaired) electrons. The molecular weight excluding hydrogens is 355 g/mol. The van der Waals surface area contributed by atoms with Gasteiger partial charge in [-0.1, -0.05) is 53.5 Å². The third-order valence-corrected chi connectivity index (χ3v) is 5.00. The number of nitrogens with zero attached hydrogens (tertiary/aromatic N) is 1. The van der Waals surface area contributed by atoms with Gasteiger partial charge in [0.05, 0.1) is 16.1 Å². The lowest BCUT2D eigenvalue weighted by Gasteiger charge is -2.10.